The molecule has 8 heteroatoms. The van der Waals surface area contributed by atoms with Crippen LogP contribution in [-0.4, -0.2) is 20.9 Å². The molecule has 0 bridgehead atoms. The molecule has 0 atom stereocenters. The van der Waals surface area contributed by atoms with E-state index in [2.05, 4.69) is 5.10 Å². The maximum absolute atomic E-state index is 12.9. The number of nitrogens with zero attached hydrogens (tertiary/aromatic N) is 2. The molecule has 1 N–H and O–H groups in total. The average molecular weight is 304 g/mol. The zero-order chi connectivity index (χ0) is 14.9. The first-order chi connectivity index (χ1) is 9.32. The molecule has 0 saturated heterocycles. The molecule has 0 unspecified atom stereocenters. The van der Waals surface area contributed by atoms with Crippen LogP contribution in [0.15, 0.2) is 18.2 Å². The van der Waals surface area contributed by atoms with Gasteiger partial charge in [-0.15, -0.1) is 11.3 Å². The normalized spacial score (nSPS) is 11.8. The van der Waals surface area contributed by atoms with Crippen LogP contribution in [0.2, 0.25) is 0 Å². The van der Waals surface area contributed by atoms with E-state index >= 15 is 0 Å². The van der Waals surface area contributed by atoms with Gasteiger partial charge in [0, 0.05) is 6.54 Å². The van der Waals surface area contributed by atoms with Crippen LogP contribution in [0.5, 0.6) is 0 Å². The van der Waals surface area contributed by atoms with Crippen LogP contribution in [-0.2, 0) is 12.7 Å². The number of hydrogen-bond acceptors (Lipinski definition) is 3. The highest BCUT2D eigenvalue weighted by Crippen LogP contribution is 2.34. The van der Waals surface area contributed by atoms with Crippen molar-refractivity contribution < 1.29 is 23.1 Å². The topological polar surface area (TPSA) is 55.1 Å². The van der Waals surface area contributed by atoms with Crippen LogP contribution in [0, 0.1) is 0 Å². The third kappa shape index (κ3) is 2.84. The van der Waals surface area contributed by atoms with Crippen LogP contribution >= 0.6 is 11.3 Å². The number of thiophene rings is 1. The summed E-state index contributed by atoms with van der Waals surface area (Å²) in [6.45, 7) is 1.92. The standard InChI is InChI=1S/C12H11F3N2O2S/c1-2-5-17-10(12(13,14)15)6-7(16-17)8-3-4-9(20-8)11(18)19/h3-4,6H,2,5H2,1H3,(H,18,19). The number of aromatic nitrogens is 2. The molecular formula is C12H11F3N2O2S. The van der Waals surface area contributed by atoms with Gasteiger partial charge in [-0.25, -0.2) is 4.79 Å². The van der Waals surface area contributed by atoms with Gasteiger partial charge in [-0.1, -0.05) is 6.92 Å². The summed E-state index contributed by atoms with van der Waals surface area (Å²) in [7, 11) is 0. The number of carboxylic acids is 1. The van der Waals surface area contributed by atoms with Crippen molar-refractivity contribution in [3.63, 3.8) is 0 Å². The summed E-state index contributed by atoms with van der Waals surface area (Å²) in [5.41, 5.74) is -0.678. The Hall–Kier alpha value is -1.83. The molecule has 0 radical (unpaired) electrons. The van der Waals surface area contributed by atoms with Crippen molar-refractivity contribution in [1.82, 2.24) is 9.78 Å². The van der Waals surface area contributed by atoms with Crippen molar-refractivity contribution in [2.45, 2.75) is 26.1 Å². The quantitative estimate of drug-likeness (QED) is 0.936. The van der Waals surface area contributed by atoms with Gasteiger partial charge in [0.1, 0.15) is 16.3 Å². The molecule has 2 aromatic heterocycles. The van der Waals surface area contributed by atoms with Gasteiger partial charge in [0.15, 0.2) is 0 Å². The van der Waals surface area contributed by atoms with Crippen molar-refractivity contribution >= 4 is 17.3 Å². The molecule has 0 saturated carbocycles. The Morgan fingerprint density at radius 2 is 2.15 bits per heavy atom. The second-order valence-electron chi connectivity index (χ2n) is 4.10. The Kier molecular flexibility index (Phi) is 3.85. The minimum absolute atomic E-state index is 0.0681. The fourth-order valence-electron chi connectivity index (χ4n) is 1.74. The summed E-state index contributed by atoms with van der Waals surface area (Å²) in [6, 6.07) is 3.77. The maximum atomic E-state index is 12.9. The van der Waals surface area contributed by atoms with Gasteiger partial charge in [-0.05, 0) is 24.6 Å². The van der Waals surface area contributed by atoms with Crippen molar-refractivity contribution in [2.24, 2.45) is 0 Å². The van der Waals surface area contributed by atoms with Gasteiger partial charge in [0.25, 0.3) is 0 Å². The van der Waals surface area contributed by atoms with Gasteiger partial charge in [-0.3, -0.25) is 4.68 Å². The average Bonchev–Trinajstić information content (AvgIpc) is 2.93. The highest BCUT2D eigenvalue weighted by atomic mass is 32.1. The highest BCUT2D eigenvalue weighted by Gasteiger charge is 2.35. The van der Waals surface area contributed by atoms with E-state index in [1.54, 1.807) is 6.92 Å². The summed E-state index contributed by atoms with van der Waals surface area (Å²) in [4.78, 5) is 11.3. The number of alkyl halides is 3. The molecular weight excluding hydrogens is 293 g/mol. The van der Waals surface area contributed by atoms with E-state index < -0.39 is 17.8 Å². The molecule has 0 aliphatic carbocycles. The molecule has 0 aliphatic heterocycles. The van der Waals surface area contributed by atoms with Crippen LogP contribution < -0.4 is 0 Å². The molecule has 4 nitrogen and oxygen atoms in total. The van der Waals surface area contributed by atoms with Gasteiger partial charge < -0.3 is 5.11 Å². The maximum Gasteiger partial charge on any atom is 0.433 e. The summed E-state index contributed by atoms with van der Waals surface area (Å²) in [5.74, 6) is -1.11. The van der Waals surface area contributed by atoms with E-state index in [0.29, 0.717) is 11.3 Å². The fourth-order valence-corrected chi connectivity index (χ4v) is 2.54. The second-order valence-corrected chi connectivity index (χ2v) is 5.19. The Morgan fingerprint density at radius 3 is 2.65 bits per heavy atom. The number of aryl methyl sites for hydroxylation is 1. The van der Waals surface area contributed by atoms with E-state index in [4.69, 9.17) is 5.11 Å². The first-order valence-electron chi connectivity index (χ1n) is 5.81. The minimum Gasteiger partial charge on any atom is -0.477 e. The Bertz CT molecular complexity index is 631. The van der Waals surface area contributed by atoms with E-state index in [1.165, 1.54) is 12.1 Å². The lowest BCUT2D eigenvalue weighted by atomic mass is 10.3. The lowest BCUT2D eigenvalue weighted by Crippen LogP contribution is -2.14. The highest BCUT2D eigenvalue weighted by molar-refractivity contribution is 7.17. The molecule has 0 fully saturated rings. The molecule has 2 heterocycles. The van der Waals surface area contributed by atoms with Crippen molar-refractivity contribution in [1.29, 1.82) is 0 Å². The van der Waals surface area contributed by atoms with Crippen LogP contribution in [0.3, 0.4) is 0 Å². The molecule has 108 valence electrons. The third-order valence-corrected chi connectivity index (χ3v) is 3.67. The van der Waals surface area contributed by atoms with E-state index in [-0.39, 0.29) is 17.1 Å². The summed E-state index contributed by atoms with van der Waals surface area (Å²) < 4.78 is 39.6. The van der Waals surface area contributed by atoms with Gasteiger partial charge in [-0.2, -0.15) is 18.3 Å². The second kappa shape index (κ2) is 5.28. The lowest BCUT2D eigenvalue weighted by molar-refractivity contribution is -0.144. The van der Waals surface area contributed by atoms with E-state index in [9.17, 15) is 18.0 Å². The van der Waals surface area contributed by atoms with Crippen LogP contribution in [0.25, 0.3) is 10.6 Å². The number of rotatable bonds is 4. The summed E-state index contributed by atoms with van der Waals surface area (Å²) >= 11 is 0.902. The molecule has 2 aromatic rings. The van der Waals surface area contributed by atoms with Crippen LogP contribution in [0.1, 0.15) is 28.7 Å². The fraction of sp³-hybridized carbons (Fsp3) is 0.333. The number of halogens is 3. The molecule has 0 amide bonds. The van der Waals surface area contributed by atoms with E-state index in [1.807, 2.05) is 0 Å². The predicted octanol–water partition coefficient (Wildman–Crippen LogP) is 3.74. The zero-order valence-electron chi connectivity index (χ0n) is 10.4. The number of hydrogen-bond donors (Lipinski definition) is 1. The SMILES string of the molecule is CCCn1nc(-c2ccc(C(=O)O)s2)cc1C(F)(F)F. The monoisotopic (exact) mass is 304 g/mol. The summed E-state index contributed by atoms with van der Waals surface area (Å²) in [5, 5.41) is 12.7. The smallest absolute Gasteiger partial charge is 0.433 e. The number of aromatic carboxylic acids is 1. The largest absolute Gasteiger partial charge is 0.477 e. The molecule has 0 aliphatic rings. The number of carboxylic acid groups (broad SMARTS) is 1. The molecule has 20 heavy (non-hydrogen) atoms. The minimum atomic E-state index is -4.48. The number of carbonyl (C=O) groups is 1. The lowest BCUT2D eigenvalue weighted by Gasteiger charge is -2.08. The van der Waals surface area contributed by atoms with Crippen molar-refractivity contribution in [2.75, 3.05) is 0 Å². The van der Waals surface area contributed by atoms with Gasteiger partial charge in [0.2, 0.25) is 0 Å². The van der Waals surface area contributed by atoms with E-state index in [0.717, 1.165) is 22.1 Å². The third-order valence-electron chi connectivity index (χ3n) is 2.58. The first-order valence-corrected chi connectivity index (χ1v) is 6.63. The zero-order valence-corrected chi connectivity index (χ0v) is 11.3. The van der Waals surface area contributed by atoms with Crippen molar-refractivity contribution in [3.8, 4) is 10.6 Å². The van der Waals surface area contributed by atoms with Crippen molar-refractivity contribution in [3.05, 3.63) is 28.8 Å². The molecule has 0 aromatic carbocycles. The van der Waals surface area contributed by atoms with Gasteiger partial charge >= 0.3 is 12.1 Å². The van der Waals surface area contributed by atoms with Gasteiger partial charge in [0.05, 0.1) is 4.88 Å². The summed E-state index contributed by atoms with van der Waals surface area (Å²) in [6.07, 6.45) is -3.96. The predicted molar refractivity (Wildman–Crippen MR) is 67.8 cm³/mol. The Morgan fingerprint density at radius 1 is 1.45 bits per heavy atom. The Balaban J connectivity index is 2.44. The molecule has 2 rings (SSSR count). The Labute approximate surface area is 116 Å². The first kappa shape index (κ1) is 14.6. The van der Waals surface area contributed by atoms with Crippen LogP contribution in [0.4, 0.5) is 13.2 Å². The molecule has 0 spiro atoms.